The molecule has 0 saturated carbocycles. The number of methoxy groups -OCH3 is 2. The van der Waals surface area contributed by atoms with Crippen molar-refractivity contribution in [1.82, 2.24) is 10.3 Å². The van der Waals surface area contributed by atoms with Gasteiger partial charge in [-0.15, -0.1) is 11.3 Å². The first-order chi connectivity index (χ1) is 9.22. The fourth-order valence-corrected chi connectivity index (χ4v) is 2.71. The number of aromatic nitrogens is 1. The minimum Gasteiger partial charge on any atom is -0.383 e. The number of nitrogens with one attached hydrogen (secondary N) is 1. The molecule has 0 aromatic carbocycles. The van der Waals surface area contributed by atoms with E-state index in [0.717, 1.165) is 30.5 Å². The molecule has 5 nitrogen and oxygen atoms in total. The fourth-order valence-electron chi connectivity index (χ4n) is 1.74. The maximum absolute atomic E-state index is 5.15. The van der Waals surface area contributed by atoms with Crippen LogP contribution in [0.4, 0.5) is 5.13 Å². The SMILES string of the molecule is CCNC(C)c1csc(N(CCOC)CCOC)n1. The van der Waals surface area contributed by atoms with Crippen molar-refractivity contribution in [3.63, 3.8) is 0 Å². The first-order valence-electron chi connectivity index (χ1n) is 6.64. The molecule has 1 aromatic heterocycles. The summed E-state index contributed by atoms with van der Waals surface area (Å²) in [6, 6.07) is 0.293. The van der Waals surface area contributed by atoms with E-state index in [4.69, 9.17) is 14.5 Å². The molecule has 0 radical (unpaired) electrons. The van der Waals surface area contributed by atoms with E-state index in [2.05, 4.69) is 29.4 Å². The van der Waals surface area contributed by atoms with Gasteiger partial charge < -0.3 is 19.7 Å². The maximum atomic E-state index is 5.15. The van der Waals surface area contributed by atoms with Gasteiger partial charge in [0.05, 0.1) is 18.9 Å². The molecule has 0 saturated heterocycles. The topological polar surface area (TPSA) is 46.6 Å². The highest BCUT2D eigenvalue weighted by Crippen LogP contribution is 2.23. The molecule has 0 aliphatic heterocycles. The van der Waals surface area contributed by atoms with E-state index >= 15 is 0 Å². The van der Waals surface area contributed by atoms with Gasteiger partial charge in [-0.2, -0.15) is 0 Å². The lowest BCUT2D eigenvalue weighted by molar-refractivity contribution is 0.190. The van der Waals surface area contributed by atoms with Gasteiger partial charge in [-0.3, -0.25) is 0 Å². The standard InChI is InChI=1S/C13H25N3O2S/c1-5-14-11(2)12-10-19-13(15-12)16(6-8-17-3)7-9-18-4/h10-11,14H,5-9H2,1-4H3. The van der Waals surface area contributed by atoms with Gasteiger partial charge in [-0.05, 0) is 13.5 Å². The summed E-state index contributed by atoms with van der Waals surface area (Å²) in [4.78, 5) is 6.91. The molecule has 6 heteroatoms. The third kappa shape index (κ3) is 5.44. The molecule has 1 heterocycles. The maximum Gasteiger partial charge on any atom is 0.185 e. The smallest absolute Gasteiger partial charge is 0.185 e. The number of thiazole rings is 1. The highest BCUT2D eigenvalue weighted by molar-refractivity contribution is 7.13. The summed E-state index contributed by atoms with van der Waals surface area (Å²) in [6.45, 7) is 8.25. The third-order valence-electron chi connectivity index (χ3n) is 2.86. The number of hydrogen-bond acceptors (Lipinski definition) is 6. The highest BCUT2D eigenvalue weighted by atomic mass is 32.1. The Hall–Kier alpha value is -0.690. The Balaban J connectivity index is 2.66. The van der Waals surface area contributed by atoms with Crippen molar-refractivity contribution in [1.29, 1.82) is 0 Å². The van der Waals surface area contributed by atoms with Crippen molar-refractivity contribution >= 4 is 16.5 Å². The molecule has 0 aliphatic rings. The van der Waals surface area contributed by atoms with Crippen LogP contribution in [0, 0.1) is 0 Å². The van der Waals surface area contributed by atoms with Crippen LogP contribution in [0.25, 0.3) is 0 Å². The second-order valence-corrected chi connectivity index (χ2v) is 5.14. The van der Waals surface area contributed by atoms with E-state index in [1.54, 1.807) is 25.6 Å². The predicted octanol–water partition coefficient (Wildman–Crippen LogP) is 1.91. The summed E-state index contributed by atoms with van der Waals surface area (Å²) >= 11 is 1.68. The number of hydrogen-bond donors (Lipinski definition) is 1. The molecule has 0 fully saturated rings. The summed E-state index contributed by atoms with van der Waals surface area (Å²) in [5.74, 6) is 0. The molecule has 19 heavy (non-hydrogen) atoms. The van der Waals surface area contributed by atoms with Gasteiger partial charge in [0.25, 0.3) is 0 Å². The van der Waals surface area contributed by atoms with Crippen molar-refractivity contribution in [3.05, 3.63) is 11.1 Å². The van der Waals surface area contributed by atoms with Crippen molar-refractivity contribution < 1.29 is 9.47 Å². The average molecular weight is 287 g/mol. The van der Waals surface area contributed by atoms with Crippen LogP contribution in [0.3, 0.4) is 0 Å². The molecule has 1 unspecified atom stereocenters. The second-order valence-electron chi connectivity index (χ2n) is 4.31. The Morgan fingerprint density at radius 2 is 1.95 bits per heavy atom. The molecule has 0 amide bonds. The molecule has 0 spiro atoms. The van der Waals surface area contributed by atoms with E-state index in [1.165, 1.54) is 0 Å². The molecule has 0 aliphatic carbocycles. The van der Waals surface area contributed by atoms with Crippen molar-refractivity contribution in [2.75, 3.05) is 52.0 Å². The van der Waals surface area contributed by atoms with Gasteiger partial charge in [0.15, 0.2) is 5.13 Å². The van der Waals surface area contributed by atoms with Crippen LogP contribution in [0.15, 0.2) is 5.38 Å². The Morgan fingerprint density at radius 3 is 2.47 bits per heavy atom. The lowest BCUT2D eigenvalue weighted by Crippen LogP contribution is -2.30. The molecular formula is C13H25N3O2S. The molecule has 110 valence electrons. The van der Waals surface area contributed by atoms with Crippen LogP contribution in [-0.2, 0) is 9.47 Å². The summed E-state index contributed by atoms with van der Waals surface area (Å²) in [7, 11) is 3.43. The number of rotatable bonds is 10. The second kappa shape index (κ2) is 9.25. The van der Waals surface area contributed by atoms with Crippen molar-refractivity contribution in [3.8, 4) is 0 Å². The van der Waals surface area contributed by atoms with Gasteiger partial charge in [0.1, 0.15) is 0 Å². The summed E-state index contributed by atoms with van der Waals surface area (Å²) in [6.07, 6.45) is 0. The van der Waals surface area contributed by atoms with Gasteiger partial charge in [0, 0.05) is 38.7 Å². The van der Waals surface area contributed by atoms with E-state index in [1.807, 2.05) is 0 Å². The quantitative estimate of drug-likeness (QED) is 0.712. The van der Waals surface area contributed by atoms with E-state index in [0.29, 0.717) is 19.3 Å². The van der Waals surface area contributed by atoms with Crippen LogP contribution in [0.1, 0.15) is 25.6 Å². The monoisotopic (exact) mass is 287 g/mol. The van der Waals surface area contributed by atoms with Crippen LogP contribution in [-0.4, -0.2) is 52.1 Å². The average Bonchev–Trinajstić information content (AvgIpc) is 2.89. The number of ether oxygens (including phenoxy) is 2. The van der Waals surface area contributed by atoms with Crippen LogP contribution in [0.5, 0.6) is 0 Å². The Labute approximate surface area is 119 Å². The number of anilines is 1. The van der Waals surface area contributed by atoms with E-state index in [-0.39, 0.29) is 0 Å². The minimum atomic E-state index is 0.293. The first-order valence-corrected chi connectivity index (χ1v) is 7.52. The molecule has 1 atom stereocenters. The van der Waals surface area contributed by atoms with Gasteiger partial charge in [-0.1, -0.05) is 6.92 Å². The molecule has 1 aromatic rings. The Bertz CT molecular complexity index is 338. The summed E-state index contributed by atoms with van der Waals surface area (Å²) in [5.41, 5.74) is 1.10. The predicted molar refractivity (Wildman–Crippen MR) is 80.2 cm³/mol. The summed E-state index contributed by atoms with van der Waals surface area (Å²) < 4.78 is 10.3. The molecular weight excluding hydrogens is 262 g/mol. The minimum absolute atomic E-state index is 0.293. The zero-order valence-electron chi connectivity index (χ0n) is 12.3. The lowest BCUT2D eigenvalue weighted by Gasteiger charge is -2.21. The van der Waals surface area contributed by atoms with Crippen LogP contribution in [0.2, 0.25) is 0 Å². The van der Waals surface area contributed by atoms with Crippen LogP contribution < -0.4 is 10.2 Å². The highest BCUT2D eigenvalue weighted by Gasteiger charge is 2.13. The molecule has 1 rings (SSSR count). The molecule has 0 bridgehead atoms. The largest absolute Gasteiger partial charge is 0.383 e. The zero-order valence-corrected chi connectivity index (χ0v) is 13.1. The van der Waals surface area contributed by atoms with Crippen molar-refractivity contribution in [2.45, 2.75) is 19.9 Å². The lowest BCUT2D eigenvalue weighted by atomic mass is 10.3. The summed E-state index contributed by atoms with van der Waals surface area (Å²) in [5, 5.41) is 6.53. The Morgan fingerprint density at radius 1 is 1.32 bits per heavy atom. The number of nitrogens with zero attached hydrogens (tertiary/aromatic N) is 2. The first kappa shape index (κ1) is 16.4. The molecule has 1 N–H and O–H groups in total. The van der Waals surface area contributed by atoms with E-state index < -0.39 is 0 Å². The van der Waals surface area contributed by atoms with Gasteiger partial charge in [-0.25, -0.2) is 4.98 Å². The third-order valence-corrected chi connectivity index (χ3v) is 3.78. The van der Waals surface area contributed by atoms with Gasteiger partial charge in [0.2, 0.25) is 0 Å². The Kier molecular flexibility index (Phi) is 7.97. The fraction of sp³-hybridized carbons (Fsp3) is 0.769. The van der Waals surface area contributed by atoms with Gasteiger partial charge >= 0.3 is 0 Å². The van der Waals surface area contributed by atoms with Crippen LogP contribution >= 0.6 is 11.3 Å². The van der Waals surface area contributed by atoms with E-state index in [9.17, 15) is 0 Å². The van der Waals surface area contributed by atoms with Crippen molar-refractivity contribution in [2.24, 2.45) is 0 Å². The zero-order chi connectivity index (χ0) is 14.1. The normalized spacial score (nSPS) is 12.6.